The summed E-state index contributed by atoms with van der Waals surface area (Å²) >= 11 is 0. The lowest BCUT2D eigenvalue weighted by Gasteiger charge is -2.35. The van der Waals surface area contributed by atoms with E-state index in [0.29, 0.717) is 17.8 Å². The topological polar surface area (TPSA) is 20.2 Å². The minimum absolute atomic E-state index is 0.0933. The monoisotopic (exact) mass is 154 g/mol. The Morgan fingerprint density at radius 1 is 1.36 bits per heavy atom. The molecule has 0 bridgehead atoms. The maximum absolute atomic E-state index is 9.45. The van der Waals surface area contributed by atoms with Crippen molar-refractivity contribution in [2.45, 2.75) is 32.8 Å². The van der Waals surface area contributed by atoms with Crippen molar-refractivity contribution in [2.75, 3.05) is 0 Å². The molecule has 1 heteroatoms. The lowest BCUT2D eigenvalue weighted by molar-refractivity contribution is 0.0561. The molecule has 1 fully saturated rings. The molecule has 1 rings (SSSR count). The van der Waals surface area contributed by atoms with Crippen LogP contribution in [0, 0.1) is 17.8 Å². The second kappa shape index (κ2) is 3.40. The Kier molecular flexibility index (Phi) is 2.72. The quantitative estimate of drug-likeness (QED) is 0.574. The van der Waals surface area contributed by atoms with Crippen LogP contribution in [-0.4, -0.2) is 11.2 Å². The fraction of sp³-hybridized carbons (Fsp3) is 0.800. The van der Waals surface area contributed by atoms with Crippen molar-refractivity contribution in [3.63, 3.8) is 0 Å². The molecule has 0 spiro atoms. The van der Waals surface area contributed by atoms with E-state index in [1.54, 1.807) is 0 Å². The Bertz CT molecular complexity index is 142. The van der Waals surface area contributed by atoms with Crippen LogP contribution in [0.15, 0.2) is 12.7 Å². The SMILES string of the molecule is C=CC1CC(O)CC(C)C1C. The van der Waals surface area contributed by atoms with Gasteiger partial charge in [0.1, 0.15) is 0 Å². The van der Waals surface area contributed by atoms with E-state index in [2.05, 4.69) is 20.4 Å². The predicted molar refractivity (Wildman–Crippen MR) is 47.3 cm³/mol. The summed E-state index contributed by atoms with van der Waals surface area (Å²) in [6.07, 6.45) is 3.77. The van der Waals surface area contributed by atoms with E-state index in [4.69, 9.17) is 0 Å². The molecule has 1 N–H and O–H groups in total. The first-order valence-corrected chi connectivity index (χ1v) is 4.45. The Morgan fingerprint density at radius 2 is 2.00 bits per heavy atom. The highest BCUT2D eigenvalue weighted by molar-refractivity contribution is 4.91. The number of allylic oxidation sites excluding steroid dienone is 1. The molecule has 1 aliphatic rings. The van der Waals surface area contributed by atoms with Crippen molar-refractivity contribution < 1.29 is 5.11 Å². The predicted octanol–water partition coefficient (Wildman–Crippen LogP) is 2.22. The molecule has 1 nitrogen and oxygen atoms in total. The molecule has 4 unspecified atom stereocenters. The van der Waals surface area contributed by atoms with E-state index >= 15 is 0 Å². The number of aliphatic hydroxyl groups excluding tert-OH is 1. The van der Waals surface area contributed by atoms with Gasteiger partial charge in [0.2, 0.25) is 0 Å². The number of rotatable bonds is 1. The van der Waals surface area contributed by atoms with Crippen molar-refractivity contribution in [3.8, 4) is 0 Å². The zero-order chi connectivity index (χ0) is 8.43. The van der Waals surface area contributed by atoms with Crippen LogP contribution < -0.4 is 0 Å². The number of hydrogen-bond acceptors (Lipinski definition) is 1. The zero-order valence-electron chi connectivity index (χ0n) is 7.46. The fourth-order valence-corrected chi connectivity index (χ4v) is 2.00. The van der Waals surface area contributed by atoms with Gasteiger partial charge in [0.25, 0.3) is 0 Å². The summed E-state index contributed by atoms with van der Waals surface area (Å²) in [7, 11) is 0. The first-order chi connectivity index (χ1) is 5.15. The molecule has 0 aromatic rings. The number of aliphatic hydroxyl groups is 1. The normalized spacial score (nSPS) is 45.4. The van der Waals surface area contributed by atoms with Crippen LogP contribution in [-0.2, 0) is 0 Å². The molecule has 0 amide bonds. The third-order valence-electron chi connectivity index (χ3n) is 3.06. The first-order valence-electron chi connectivity index (χ1n) is 4.45. The van der Waals surface area contributed by atoms with Gasteiger partial charge < -0.3 is 5.11 Å². The van der Waals surface area contributed by atoms with Gasteiger partial charge in [0.15, 0.2) is 0 Å². The molecule has 0 heterocycles. The third kappa shape index (κ3) is 1.84. The average Bonchev–Trinajstić information content (AvgIpc) is 1.96. The van der Waals surface area contributed by atoms with E-state index in [1.807, 2.05) is 6.08 Å². The van der Waals surface area contributed by atoms with Gasteiger partial charge in [-0.3, -0.25) is 0 Å². The molecule has 0 saturated heterocycles. The molecule has 64 valence electrons. The lowest BCUT2D eigenvalue weighted by Crippen LogP contribution is -2.31. The Balaban J connectivity index is 2.58. The minimum Gasteiger partial charge on any atom is -0.393 e. The first kappa shape index (κ1) is 8.79. The smallest absolute Gasteiger partial charge is 0.0548 e. The summed E-state index contributed by atoms with van der Waals surface area (Å²) in [5.74, 6) is 1.85. The van der Waals surface area contributed by atoms with E-state index in [1.165, 1.54) is 0 Å². The molecule has 4 atom stereocenters. The van der Waals surface area contributed by atoms with Crippen molar-refractivity contribution in [2.24, 2.45) is 17.8 Å². The van der Waals surface area contributed by atoms with Gasteiger partial charge >= 0.3 is 0 Å². The van der Waals surface area contributed by atoms with Gasteiger partial charge in [-0.05, 0) is 30.6 Å². The van der Waals surface area contributed by atoms with Crippen LogP contribution in [0.4, 0.5) is 0 Å². The molecular weight excluding hydrogens is 136 g/mol. The summed E-state index contributed by atoms with van der Waals surface area (Å²) in [5, 5.41) is 9.45. The third-order valence-corrected chi connectivity index (χ3v) is 3.06. The Hall–Kier alpha value is -0.300. The second-order valence-corrected chi connectivity index (χ2v) is 3.86. The van der Waals surface area contributed by atoms with Gasteiger partial charge in [-0.25, -0.2) is 0 Å². The molecule has 11 heavy (non-hydrogen) atoms. The van der Waals surface area contributed by atoms with Crippen molar-refractivity contribution in [1.29, 1.82) is 0 Å². The van der Waals surface area contributed by atoms with Crippen LogP contribution in [0.3, 0.4) is 0 Å². The van der Waals surface area contributed by atoms with Crippen molar-refractivity contribution >= 4 is 0 Å². The van der Waals surface area contributed by atoms with E-state index in [0.717, 1.165) is 12.8 Å². The van der Waals surface area contributed by atoms with Gasteiger partial charge in [0, 0.05) is 0 Å². The summed E-state index contributed by atoms with van der Waals surface area (Å²) in [4.78, 5) is 0. The standard InChI is InChI=1S/C10H18O/c1-4-9-6-10(11)5-7(2)8(9)3/h4,7-11H,1,5-6H2,2-3H3. The fourth-order valence-electron chi connectivity index (χ4n) is 2.00. The lowest BCUT2D eigenvalue weighted by atomic mass is 9.73. The molecule has 0 aromatic carbocycles. The molecule has 1 aliphatic carbocycles. The summed E-state index contributed by atoms with van der Waals surface area (Å²) in [6.45, 7) is 8.26. The highest BCUT2D eigenvalue weighted by Crippen LogP contribution is 2.34. The van der Waals surface area contributed by atoms with E-state index in [9.17, 15) is 5.11 Å². The maximum atomic E-state index is 9.45. The van der Waals surface area contributed by atoms with Crippen molar-refractivity contribution in [3.05, 3.63) is 12.7 Å². The molecule has 1 saturated carbocycles. The van der Waals surface area contributed by atoms with Crippen LogP contribution >= 0.6 is 0 Å². The summed E-state index contributed by atoms with van der Waals surface area (Å²) in [6, 6.07) is 0. The second-order valence-electron chi connectivity index (χ2n) is 3.86. The van der Waals surface area contributed by atoms with E-state index < -0.39 is 0 Å². The largest absolute Gasteiger partial charge is 0.393 e. The van der Waals surface area contributed by atoms with Crippen LogP contribution in [0.2, 0.25) is 0 Å². The summed E-state index contributed by atoms with van der Waals surface area (Å²) in [5.41, 5.74) is 0. The van der Waals surface area contributed by atoms with Gasteiger partial charge in [-0.15, -0.1) is 6.58 Å². The summed E-state index contributed by atoms with van der Waals surface area (Å²) < 4.78 is 0. The Morgan fingerprint density at radius 3 is 2.55 bits per heavy atom. The molecule has 0 aromatic heterocycles. The Labute approximate surface area is 69.1 Å². The number of hydrogen-bond donors (Lipinski definition) is 1. The van der Waals surface area contributed by atoms with Crippen molar-refractivity contribution in [1.82, 2.24) is 0 Å². The van der Waals surface area contributed by atoms with Gasteiger partial charge in [0.05, 0.1) is 6.10 Å². The molecule has 0 radical (unpaired) electrons. The van der Waals surface area contributed by atoms with E-state index in [-0.39, 0.29) is 6.10 Å². The maximum Gasteiger partial charge on any atom is 0.0548 e. The van der Waals surface area contributed by atoms with Crippen LogP contribution in [0.25, 0.3) is 0 Å². The molecular formula is C10H18O. The highest BCUT2D eigenvalue weighted by Gasteiger charge is 2.29. The average molecular weight is 154 g/mol. The van der Waals surface area contributed by atoms with Gasteiger partial charge in [-0.1, -0.05) is 19.9 Å². The highest BCUT2D eigenvalue weighted by atomic mass is 16.3. The van der Waals surface area contributed by atoms with Gasteiger partial charge in [-0.2, -0.15) is 0 Å². The van der Waals surface area contributed by atoms with Crippen LogP contribution in [0.1, 0.15) is 26.7 Å². The zero-order valence-corrected chi connectivity index (χ0v) is 7.46. The minimum atomic E-state index is -0.0933. The van der Waals surface area contributed by atoms with Crippen LogP contribution in [0.5, 0.6) is 0 Å². The molecule has 0 aliphatic heterocycles.